The smallest absolute Gasteiger partial charge is 0.251 e. The summed E-state index contributed by atoms with van der Waals surface area (Å²) in [7, 11) is 0. The van der Waals surface area contributed by atoms with Crippen molar-refractivity contribution in [2.24, 2.45) is 0 Å². The predicted molar refractivity (Wildman–Crippen MR) is 131 cm³/mol. The molecule has 7 nitrogen and oxygen atoms in total. The van der Waals surface area contributed by atoms with Crippen LogP contribution < -0.4 is 15.5 Å². The second-order valence-corrected chi connectivity index (χ2v) is 9.57. The molecule has 3 rings (SSSR count). The van der Waals surface area contributed by atoms with E-state index < -0.39 is 5.91 Å². The first-order valence-electron chi connectivity index (χ1n) is 11.1. The summed E-state index contributed by atoms with van der Waals surface area (Å²) in [5.41, 5.74) is 2.66. The van der Waals surface area contributed by atoms with E-state index >= 15 is 0 Å². The summed E-state index contributed by atoms with van der Waals surface area (Å²) in [6.45, 7) is 8.58. The molecule has 0 radical (unpaired) electrons. The van der Waals surface area contributed by atoms with Crippen molar-refractivity contribution in [2.45, 2.75) is 26.2 Å². The lowest BCUT2D eigenvalue weighted by Crippen LogP contribution is -2.51. The van der Waals surface area contributed by atoms with Crippen LogP contribution in [-0.4, -0.2) is 61.9 Å². The van der Waals surface area contributed by atoms with Gasteiger partial charge in [-0.05, 0) is 41.3 Å². The number of nitrogens with one attached hydrogen (secondary N) is 2. The maximum atomic E-state index is 12.5. The predicted octanol–water partition coefficient (Wildman–Crippen LogP) is 2.83. The van der Waals surface area contributed by atoms with E-state index in [9.17, 15) is 14.4 Å². The van der Waals surface area contributed by atoms with Gasteiger partial charge in [0.25, 0.3) is 5.91 Å². The van der Waals surface area contributed by atoms with Gasteiger partial charge in [0.05, 0.1) is 13.1 Å². The molecule has 0 bridgehead atoms. The van der Waals surface area contributed by atoms with Crippen molar-refractivity contribution >= 4 is 35.0 Å². The van der Waals surface area contributed by atoms with Gasteiger partial charge in [0.2, 0.25) is 11.8 Å². The highest BCUT2D eigenvalue weighted by atomic mass is 35.5. The van der Waals surface area contributed by atoms with E-state index in [-0.39, 0.29) is 30.3 Å². The molecule has 2 aromatic rings. The highest BCUT2D eigenvalue weighted by Gasteiger charge is 2.22. The molecule has 0 saturated carbocycles. The summed E-state index contributed by atoms with van der Waals surface area (Å²) in [6.07, 6.45) is 0. The van der Waals surface area contributed by atoms with E-state index in [0.717, 1.165) is 11.3 Å². The molecule has 1 fully saturated rings. The highest BCUT2D eigenvalue weighted by molar-refractivity contribution is 6.30. The van der Waals surface area contributed by atoms with Gasteiger partial charge in [0.1, 0.15) is 0 Å². The zero-order valence-corrected chi connectivity index (χ0v) is 20.1. The van der Waals surface area contributed by atoms with Crippen molar-refractivity contribution in [3.8, 4) is 0 Å². The summed E-state index contributed by atoms with van der Waals surface area (Å²) >= 11 is 6.06. The molecule has 1 heterocycles. The number of carbonyl (C=O) groups excluding carboxylic acids is 3. The van der Waals surface area contributed by atoms with E-state index in [1.165, 1.54) is 0 Å². The van der Waals surface area contributed by atoms with E-state index in [2.05, 4.69) is 36.3 Å². The molecule has 8 heteroatoms. The number of hydrogen-bond acceptors (Lipinski definition) is 4. The van der Waals surface area contributed by atoms with E-state index in [1.807, 2.05) is 36.4 Å². The zero-order chi connectivity index (χ0) is 24.0. The van der Waals surface area contributed by atoms with Crippen molar-refractivity contribution in [3.05, 3.63) is 64.7 Å². The zero-order valence-electron chi connectivity index (χ0n) is 19.4. The first-order chi connectivity index (χ1) is 15.6. The Labute approximate surface area is 200 Å². The second-order valence-electron chi connectivity index (χ2n) is 9.13. The van der Waals surface area contributed by atoms with Crippen LogP contribution in [0.2, 0.25) is 5.02 Å². The standard InChI is InChI=1S/C25H31ClN4O3/c1-25(2,3)19-9-7-18(8-10-19)24(33)28-16-22(31)27-17-23(32)30-13-11-29(12-14-30)21-6-4-5-20(26)15-21/h4-10,15H,11-14,16-17H2,1-3H3,(H,27,31)(H,28,33). The van der Waals surface area contributed by atoms with Gasteiger partial charge < -0.3 is 20.4 Å². The van der Waals surface area contributed by atoms with E-state index in [0.29, 0.717) is 36.8 Å². The summed E-state index contributed by atoms with van der Waals surface area (Å²) in [6, 6.07) is 15.0. The summed E-state index contributed by atoms with van der Waals surface area (Å²) < 4.78 is 0. The van der Waals surface area contributed by atoms with Crippen molar-refractivity contribution in [2.75, 3.05) is 44.2 Å². The average molecular weight is 471 g/mol. The number of nitrogens with zero attached hydrogens (tertiary/aromatic N) is 2. The maximum absolute atomic E-state index is 12.5. The van der Waals surface area contributed by atoms with Gasteiger partial charge in [0.15, 0.2) is 0 Å². The van der Waals surface area contributed by atoms with E-state index in [1.54, 1.807) is 17.0 Å². The molecular formula is C25H31ClN4O3. The molecule has 1 saturated heterocycles. The molecule has 1 aliphatic heterocycles. The average Bonchev–Trinajstić information content (AvgIpc) is 2.80. The minimum absolute atomic E-state index is 0.00331. The van der Waals surface area contributed by atoms with Crippen molar-refractivity contribution in [1.29, 1.82) is 0 Å². The van der Waals surface area contributed by atoms with Gasteiger partial charge in [-0.2, -0.15) is 0 Å². The minimum atomic E-state index is -0.402. The van der Waals surface area contributed by atoms with Crippen LogP contribution in [0.3, 0.4) is 0 Å². The molecular weight excluding hydrogens is 440 g/mol. The SMILES string of the molecule is CC(C)(C)c1ccc(C(=O)NCC(=O)NCC(=O)N2CCN(c3cccc(Cl)c3)CC2)cc1. The Kier molecular flexibility index (Phi) is 7.97. The topological polar surface area (TPSA) is 81.8 Å². The van der Waals surface area contributed by atoms with Crippen LogP contribution in [0.25, 0.3) is 0 Å². The third-order valence-electron chi connectivity index (χ3n) is 5.67. The summed E-state index contributed by atoms with van der Waals surface area (Å²) in [5, 5.41) is 5.87. The van der Waals surface area contributed by atoms with Crippen LogP contribution in [0.1, 0.15) is 36.7 Å². The van der Waals surface area contributed by atoms with Gasteiger partial charge >= 0.3 is 0 Å². The molecule has 0 atom stereocenters. The molecule has 0 aromatic heterocycles. The molecule has 2 aromatic carbocycles. The first-order valence-corrected chi connectivity index (χ1v) is 11.4. The fraction of sp³-hybridized carbons (Fsp3) is 0.400. The number of piperazine rings is 1. The third kappa shape index (κ3) is 6.96. The quantitative estimate of drug-likeness (QED) is 0.680. The third-order valence-corrected chi connectivity index (χ3v) is 5.90. The second kappa shape index (κ2) is 10.7. The number of amides is 3. The van der Waals surface area contributed by atoms with Crippen molar-refractivity contribution in [1.82, 2.24) is 15.5 Å². The Hall–Kier alpha value is -3.06. The van der Waals surface area contributed by atoms with Crippen LogP contribution in [0.15, 0.2) is 48.5 Å². The van der Waals surface area contributed by atoms with Crippen molar-refractivity contribution in [3.63, 3.8) is 0 Å². The van der Waals surface area contributed by atoms with Gasteiger partial charge in [-0.3, -0.25) is 14.4 Å². The van der Waals surface area contributed by atoms with Gasteiger partial charge in [-0.15, -0.1) is 0 Å². The van der Waals surface area contributed by atoms with Crippen LogP contribution in [-0.2, 0) is 15.0 Å². The Balaban J connectivity index is 1.38. The normalized spacial score (nSPS) is 14.1. The number of hydrogen-bond donors (Lipinski definition) is 2. The van der Waals surface area contributed by atoms with Crippen molar-refractivity contribution < 1.29 is 14.4 Å². The Morgan fingerprint density at radius 2 is 1.58 bits per heavy atom. The number of benzene rings is 2. The highest BCUT2D eigenvalue weighted by Crippen LogP contribution is 2.22. The number of halogens is 1. The first kappa shape index (κ1) is 24.6. The van der Waals surface area contributed by atoms with E-state index in [4.69, 9.17) is 11.6 Å². The van der Waals surface area contributed by atoms with Gasteiger partial charge in [0, 0.05) is 42.5 Å². The summed E-state index contributed by atoms with van der Waals surface area (Å²) in [4.78, 5) is 40.8. The Bertz CT molecular complexity index is 993. The molecule has 0 aliphatic carbocycles. The molecule has 1 aliphatic rings. The lowest BCUT2D eigenvalue weighted by molar-refractivity contribution is -0.132. The number of carbonyl (C=O) groups is 3. The number of rotatable bonds is 6. The number of anilines is 1. The molecule has 3 amide bonds. The molecule has 0 unspecified atom stereocenters. The maximum Gasteiger partial charge on any atom is 0.251 e. The summed E-state index contributed by atoms with van der Waals surface area (Å²) in [5.74, 6) is -0.868. The van der Waals surface area contributed by atoms with Gasteiger partial charge in [-0.1, -0.05) is 50.6 Å². The Morgan fingerprint density at radius 1 is 0.909 bits per heavy atom. The minimum Gasteiger partial charge on any atom is -0.368 e. The largest absolute Gasteiger partial charge is 0.368 e. The Morgan fingerprint density at radius 3 is 2.18 bits per heavy atom. The monoisotopic (exact) mass is 470 g/mol. The lowest BCUT2D eigenvalue weighted by atomic mass is 9.87. The molecule has 33 heavy (non-hydrogen) atoms. The molecule has 0 spiro atoms. The fourth-order valence-electron chi connectivity index (χ4n) is 3.62. The van der Waals surface area contributed by atoms with Crippen LogP contribution in [0, 0.1) is 0 Å². The van der Waals surface area contributed by atoms with Crippen LogP contribution in [0.4, 0.5) is 5.69 Å². The van der Waals surface area contributed by atoms with Crippen LogP contribution >= 0.6 is 11.6 Å². The molecule has 2 N–H and O–H groups in total. The molecule has 176 valence electrons. The van der Waals surface area contributed by atoms with Gasteiger partial charge in [-0.25, -0.2) is 0 Å². The lowest BCUT2D eigenvalue weighted by Gasteiger charge is -2.36. The van der Waals surface area contributed by atoms with Crippen LogP contribution in [0.5, 0.6) is 0 Å². The fourth-order valence-corrected chi connectivity index (χ4v) is 3.80.